The van der Waals surface area contributed by atoms with E-state index in [1.54, 1.807) is 17.4 Å². The molecule has 44 heavy (non-hydrogen) atoms. The van der Waals surface area contributed by atoms with Gasteiger partial charge in [0.2, 0.25) is 0 Å². The van der Waals surface area contributed by atoms with Crippen LogP contribution in [-0.2, 0) is 23.5 Å². The van der Waals surface area contributed by atoms with Crippen molar-refractivity contribution >= 4 is 41.6 Å². The average molecular weight is 644 g/mol. The zero-order chi connectivity index (χ0) is 32.7. The molecule has 1 aromatic carbocycles. The molecule has 0 amide bonds. The number of benzene rings is 1. The second-order valence-electron chi connectivity index (χ2n) is 15.4. The first-order chi connectivity index (χ1) is 20.4. The van der Waals surface area contributed by atoms with Crippen LogP contribution in [0.15, 0.2) is 36.4 Å². The van der Waals surface area contributed by atoms with Crippen molar-refractivity contribution in [3.63, 3.8) is 0 Å². The van der Waals surface area contributed by atoms with Crippen LogP contribution in [0.5, 0.6) is 0 Å². The van der Waals surface area contributed by atoms with Gasteiger partial charge in [0.25, 0.3) is 0 Å². The van der Waals surface area contributed by atoms with Crippen LogP contribution in [-0.4, -0.2) is 54.1 Å². The molecule has 2 aromatic rings. The minimum atomic E-state index is -2.42. The molecule has 3 heterocycles. The number of ether oxygens (including phenoxy) is 2. The summed E-state index contributed by atoms with van der Waals surface area (Å²) in [6, 6.07) is 6.04. The predicted octanol–water partition coefficient (Wildman–Crippen LogP) is 8.18. The van der Waals surface area contributed by atoms with Gasteiger partial charge in [0.05, 0.1) is 46.1 Å². The summed E-state index contributed by atoms with van der Waals surface area (Å²) in [6.07, 6.45) is 2.86. The molecule has 9 heteroatoms. The highest BCUT2D eigenvalue weighted by Gasteiger charge is 2.53. The number of thiazole rings is 1. The van der Waals surface area contributed by atoms with Crippen LogP contribution in [0.3, 0.4) is 0 Å². The lowest BCUT2D eigenvalue weighted by Crippen LogP contribution is -2.53. The van der Waals surface area contributed by atoms with Gasteiger partial charge in [-0.05, 0) is 67.9 Å². The highest BCUT2D eigenvalue weighted by Crippen LogP contribution is 2.47. The van der Waals surface area contributed by atoms with Crippen LogP contribution in [0, 0.1) is 17.3 Å². The standard InChI is InChI=1S/C35H53NO6SSi/c1-11-13-24-31(38)22(2)14-12-17-35(8)29(41-35)19-26(23-15-16-27-25(18-23)36-21-43-27)40-30(37)20-28(34(6,7)32(24)39)42-44(9,10)33(3,4)5/h11,15-16,18,21-22,24,26,28-29,31,38H,1,12-14,17,19-20H2,2-10H3/t22-,24+,26-,28-,29-,31-,35+/m0/s1. The fourth-order valence-corrected chi connectivity index (χ4v) is 8.33. The van der Waals surface area contributed by atoms with Crippen LogP contribution >= 0.6 is 11.3 Å². The molecule has 0 unspecified atom stereocenters. The van der Waals surface area contributed by atoms with Gasteiger partial charge in [0, 0.05) is 17.8 Å². The molecule has 244 valence electrons. The lowest BCUT2D eigenvalue weighted by Gasteiger charge is -2.45. The van der Waals surface area contributed by atoms with Crippen molar-refractivity contribution < 1.29 is 28.6 Å². The molecular weight excluding hydrogens is 591 g/mol. The minimum absolute atomic E-state index is 0.0506. The molecule has 0 aliphatic carbocycles. The molecule has 7 atom stereocenters. The Kier molecular flexibility index (Phi) is 10.4. The summed E-state index contributed by atoms with van der Waals surface area (Å²) in [4.78, 5) is 32.8. The third kappa shape index (κ3) is 7.55. The van der Waals surface area contributed by atoms with Crippen LogP contribution < -0.4 is 0 Å². The van der Waals surface area contributed by atoms with Crippen LogP contribution in [0.4, 0.5) is 0 Å². The van der Waals surface area contributed by atoms with Gasteiger partial charge in [0.1, 0.15) is 11.9 Å². The van der Waals surface area contributed by atoms with Crippen molar-refractivity contribution in [3.05, 3.63) is 41.9 Å². The summed E-state index contributed by atoms with van der Waals surface area (Å²) >= 11 is 1.58. The van der Waals surface area contributed by atoms with Crippen molar-refractivity contribution in [2.45, 2.75) is 135 Å². The van der Waals surface area contributed by atoms with Gasteiger partial charge in [-0.3, -0.25) is 9.59 Å². The third-order valence-electron chi connectivity index (χ3n) is 10.6. The molecule has 7 nitrogen and oxygen atoms in total. The number of allylic oxidation sites excluding steroid dienone is 1. The Morgan fingerprint density at radius 3 is 2.59 bits per heavy atom. The number of aliphatic hydroxyl groups is 1. The van der Waals surface area contributed by atoms with E-state index in [9.17, 15) is 14.7 Å². The normalized spacial score (nSPS) is 32.6. The van der Waals surface area contributed by atoms with E-state index in [1.165, 1.54) is 0 Å². The molecule has 0 bridgehead atoms. The number of cyclic esters (lactones) is 1. The van der Waals surface area contributed by atoms with E-state index in [0.717, 1.165) is 35.0 Å². The number of Topliss-reactive ketones (excluding diaryl/α,β-unsaturated/α-hetero) is 1. The van der Waals surface area contributed by atoms with Crippen molar-refractivity contribution in [3.8, 4) is 0 Å². The van der Waals surface area contributed by atoms with E-state index in [1.807, 2.05) is 44.5 Å². The molecule has 0 spiro atoms. The van der Waals surface area contributed by atoms with Gasteiger partial charge >= 0.3 is 5.97 Å². The van der Waals surface area contributed by atoms with Crippen LogP contribution in [0.1, 0.15) is 98.7 Å². The summed E-state index contributed by atoms with van der Waals surface area (Å²) in [7, 11) is -2.42. The van der Waals surface area contributed by atoms with Crippen LogP contribution in [0.2, 0.25) is 18.1 Å². The number of rotatable bonds is 5. The number of hydrogen-bond acceptors (Lipinski definition) is 8. The summed E-state index contributed by atoms with van der Waals surface area (Å²) in [5.41, 5.74) is 2.20. The molecular formula is C35H53NO6SSi. The lowest BCUT2D eigenvalue weighted by molar-refractivity contribution is -0.156. The Balaban J connectivity index is 1.73. The number of nitrogens with zero attached hydrogens (tertiary/aromatic N) is 1. The van der Waals surface area contributed by atoms with E-state index < -0.39 is 43.9 Å². The molecule has 0 saturated carbocycles. The number of esters is 1. The fraction of sp³-hybridized carbons (Fsp3) is 0.686. The van der Waals surface area contributed by atoms with E-state index in [4.69, 9.17) is 13.9 Å². The average Bonchev–Trinajstić information content (AvgIpc) is 3.33. The number of hydrogen-bond donors (Lipinski definition) is 1. The second kappa shape index (κ2) is 13.1. The maximum atomic E-state index is 14.4. The predicted molar refractivity (Wildman–Crippen MR) is 179 cm³/mol. The number of epoxide rings is 1. The smallest absolute Gasteiger partial charge is 0.309 e. The first-order valence-corrected chi connectivity index (χ1v) is 19.9. The van der Waals surface area contributed by atoms with Gasteiger partial charge in [-0.2, -0.15) is 0 Å². The largest absolute Gasteiger partial charge is 0.457 e. The van der Waals surface area contributed by atoms with Gasteiger partial charge < -0.3 is 19.0 Å². The summed E-state index contributed by atoms with van der Waals surface area (Å²) in [5.74, 6) is -1.26. The zero-order valence-electron chi connectivity index (χ0n) is 28.1. The first kappa shape index (κ1) is 35.0. The Bertz CT molecular complexity index is 1350. The summed E-state index contributed by atoms with van der Waals surface area (Å²) < 4.78 is 20.5. The number of ketones is 1. The van der Waals surface area contributed by atoms with E-state index in [2.05, 4.69) is 52.4 Å². The number of carbonyl (C=O) groups is 2. The topological polar surface area (TPSA) is 98.3 Å². The van der Waals surface area contributed by atoms with Crippen LogP contribution in [0.25, 0.3) is 10.2 Å². The monoisotopic (exact) mass is 643 g/mol. The fourth-order valence-electron chi connectivity index (χ4n) is 6.22. The Labute approximate surface area is 268 Å². The van der Waals surface area contributed by atoms with Crippen molar-refractivity contribution in [1.29, 1.82) is 0 Å². The molecule has 1 aromatic heterocycles. The van der Waals surface area contributed by atoms with Gasteiger partial charge in [-0.25, -0.2) is 4.98 Å². The number of aliphatic hydroxyl groups excluding tert-OH is 1. The molecule has 2 aliphatic rings. The number of carbonyl (C=O) groups excluding carboxylic acids is 2. The quantitative estimate of drug-likeness (QED) is 0.152. The molecule has 4 rings (SSSR count). The lowest BCUT2D eigenvalue weighted by atomic mass is 9.71. The van der Waals surface area contributed by atoms with E-state index in [-0.39, 0.29) is 34.9 Å². The summed E-state index contributed by atoms with van der Waals surface area (Å²) in [6.45, 7) is 22.4. The van der Waals surface area contributed by atoms with Crippen molar-refractivity contribution in [1.82, 2.24) is 4.98 Å². The van der Waals surface area contributed by atoms with Gasteiger partial charge in [-0.1, -0.05) is 60.1 Å². The highest BCUT2D eigenvalue weighted by molar-refractivity contribution is 7.16. The third-order valence-corrected chi connectivity index (χ3v) is 15.9. The van der Waals surface area contributed by atoms with Gasteiger partial charge in [0.15, 0.2) is 8.32 Å². The molecule has 0 radical (unpaired) electrons. The second-order valence-corrected chi connectivity index (χ2v) is 21.0. The Morgan fingerprint density at radius 1 is 1.23 bits per heavy atom. The Morgan fingerprint density at radius 2 is 1.93 bits per heavy atom. The number of aromatic nitrogens is 1. The van der Waals surface area contributed by atoms with Gasteiger partial charge in [-0.15, -0.1) is 17.9 Å². The highest BCUT2D eigenvalue weighted by atomic mass is 32.1. The summed E-state index contributed by atoms with van der Waals surface area (Å²) in [5, 5.41) is 11.4. The van der Waals surface area contributed by atoms with Crippen molar-refractivity contribution in [2.24, 2.45) is 17.3 Å². The SMILES string of the molecule is C=CC[C@H]1C(=O)C(C)(C)[C@@H](O[Si](C)(C)C(C)(C)C)CC(=O)O[C@H](c2ccc3scnc3c2)C[C@@H]2O[C@]2(C)CCC[C@H](C)[C@@H]1O. The van der Waals surface area contributed by atoms with Crippen molar-refractivity contribution in [2.75, 3.05) is 0 Å². The molecule has 2 fully saturated rings. The molecule has 2 saturated heterocycles. The molecule has 1 N–H and O–H groups in total. The van der Waals surface area contributed by atoms with E-state index >= 15 is 0 Å². The number of fused-ring (bicyclic) bond motifs is 2. The minimum Gasteiger partial charge on any atom is -0.457 e. The maximum absolute atomic E-state index is 14.4. The zero-order valence-corrected chi connectivity index (χ0v) is 30.0. The van der Waals surface area contributed by atoms with E-state index in [0.29, 0.717) is 12.8 Å². The molecule has 2 aliphatic heterocycles. The first-order valence-electron chi connectivity index (χ1n) is 16.1. The maximum Gasteiger partial charge on any atom is 0.309 e. The Hall–Kier alpha value is -1.91.